The summed E-state index contributed by atoms with van der Waals surface area (Å²) in [5.74, 6) is 1.77. The van der Waals surface area contributed by atoms with E-state index in [0.29, 0.717) is 6.54 Å². The van der Waals surface area contributed by atoms with Crippen molar-refractivity contribution in [1.29, 1.82) is 0 Å². The molecule has 1 rings (SSSR count). The maximum absolute atomic E-state index is 5.72. The fourth-order valence-corrected chi connectivity index (χ4v) is 1.74. The molecule has 0 atom stereocenters. The number of aromatic nitrogens is 2. The van der Waals surface area contributed by atoms with E-state index in [0.717, 1.165) is 18.2 Å². The number of hydrogen-bond donors (Lipinski definition) is 2. The van der Waals surface area contributed by atoms with Crippen LogP contribution < -0.4 is 16.0 Å². The molecule has 0 aliphatic rings. The van der Waals surface area contributed by atoms with Crippen molar-refractivity contribution in [2.75, 3.05) is 30.4 Å². The molecule has 0 unspecified atom stereocenters. The molecule has 0 saturated heterocycles. The molecule has 0 aliphatic carbocycles. The highest BCUT2D eigenvalue weighted by atomic mass is 15.2. The van der Waals surface area contributed by atoms with Crippen molar-refractivity contribution in [3.05, 3.63) is 12.4 Å². The van der Waals surface area contributed by atoms with E-state index in [9.17, 15) is 0 Å². The number of rotatable bonds is 8. The van der Waals surface area contributed by atoms with Crippen LogP contribution in [0.15, 0.2) is 12.4 Å². The van der Waals surface area contributed by atoms with Crippen LogP contribution in [-0.4, -0.2) is 35.6 Å². The van der Waals surface area contributed by atoms with E-state index in [1.807, 2.05) is 6.07 Å². The fourth-order valence-electron chi connectivity index (χ4n) is 1.74. The third-order valence-electron chi connectivity index (χ3n) is 3.12. The molecular weight excluding hydrogens is 238 g/mol. The largest absolute Gasteiger partial charge is 0.364 e. The quantitative estimate of drug-likeness (QED) is 0.706. The summed E-state index contributed by atoms with van der Waals surface area (Å²) in [7, 11) is 2.07. The van der Waals surface area contributed by atoms with Gasteiger partial charge in [0.1, 0.15) is 18.0 Å². The molecule has 3 N–H and O–H groups in total. The highest BCUT2D eigenvalue weighted by Crippen LogP contribution is 2.16. The van der Waals surface area contributed by atoms with Crippen molar-refractivity contribution in [3.8, 4) is 0 Å². The van der Waals surface area contributed by atoms with Gasteiger partial charge in [-0.15, -0.1) is 0 Å². The summed E-state index contributed by atoms with van der Waals surface area (Å²) in [6.45, 7) is 7.89. The molecule has 108 valence electrons. The lowest BCUT2D eigenvalue weighted by molar-refractivity contribution is 0.577. The van der Waals surface area contributed by atoms with Gasteiger partial charge in [0.2, 0.25) is 0 Å². The van der Waals surface area contributed by atoms with Crippen LogP contribution in [0.25, 0.3) is 0 Å². The minimum absolute atomic E-state index is 0.160. The number of nitrogens with zero attached hydrogens (tertiary/aromatic N) is 3. The average Bonchev–Trinajstić information content (AvgIpc) is 2.39. The van der Waals surface area contributed by atoms with Crippen molar-refractivity contribution < 1.29 is 0 Å². The van der Waals surface area contributed by atoms with Gasteiger partial charge in [-0.2, -0.15) is 0 Å². The summed E-state index contributed by atoms with van der Waals surface area (Å²) in [5, 5.41) is 3.33. The molecular formula is C14H27N5. The second kappa shape index (κ2) is 7.28. The Bertz CT molecular complexity index is 378. The van der Waals surface area contributed by atoms with Crippen LogP contribution in [0.5, 0.6) is 0 Å². The summed E-state index contributed by atoms with van der Waals surface area (Å²) in [5.41, 5.74) is 5.56. The molecule has 1 aromatic heterocycles. The normalized spacial score (nSPS) is 11.4. The van der Waals surface area contributed by atoms with E-state index < -0.39 is 0 Å². The molecule has 0 saturated carbocycles. The van der Waals surface area contributed by atoms with Crippen molar-refractivity contribution in [2.24, 2.45) is 5.73 Å². The van der Waals surface area contributed by atoms with Crippen LogP contribution in [0, 0.1) is 0 Å². The zero-order valence-corrected chi connectivity index (χ0v) is 12.6. The number of hydrogen-bond acceptors (Lipinski definition) is 5. The Morgan fingerprint density at radius 3 is 2.68 bits per heavy atom. The topological polar surface area (TPSA) is 67.1 Å². The van der Waals surface area contributed by atoms with Gasteiger partial charge < -0.3 is 16.0 Å². The SMILES string of the molecule is CCCCCN(C)c1cc(NC(C)(C)CN)ncn1. The molecule has 1 heterocycles. The summed E-state index contributed by atoms with van der Waals surface area (Å²) in [6, 6.07) is 1.98. The van der Waals surface area contributed by atoms with E-state index in [-0.39, 0.29) is 5.54 Å². The van der Waals surface area contributed by atoms with Gasteiger partial charge in [-0.1, -0.05) is 19.8 Å². The second-order valence-corrected chi connectivity index (χ2v) is 5.60. The Hall–Kier alpha value is -1.36. The van der Waals surface area contributed by atoms with E-state index in [2.05, 4.69) is 48.0 Å². The Labute approximate surface area is 116 Å². The minimum Gasteiger partial charge on any atom is -0.364 e. The highest BCUT2D eigenvalue weighted by Gasteiger charge is 2.16. The van der Waals surface area contributed by atoms with E-state index >= 15 is 0 Å². The van der Waals surface area contributed by atoms with Gasteiger partial charge in [0.25, 0.3) is 0 Å². The van der Waals surface area contributed by atoms with Crippen molar-refractivity contribution in [2.45, 2.75) is 45.6 Å². The number of nitrogens with one attached hydrogen (secondary N) is 1. The summed E-state index contributed by atoms with van der Waals surface area (Å²) < 4.78 is 0. The number of nitrogens with two attached hydrogens (primary N) is 1. The Kier molecular flexibility index (Phi) is 6.02. The monoisotopic (exact) mass is 265 g/mol. The molecule has 0 bridgehead atoms. The van der Waals surface area contributed by atoms with Gasteiger partial charge in [0.05, 0.1) is 0 Å². The lowest BCUT2D eigenvalue weighted by atomic mass is 10.1. The molecule has 19 heavy (non-hydrogen) atoms. The third kappa shape index (κ3) is 5.42. The molecule has 0 aromatic carbocycles. The second-order valence-electron chi connectivity index (χ2n) is 5.60. The number of anilines is 2. The maximum atomic E-state index is 5.72. The van der Waals surface area contributed by atoms with Crippen molar-refractivity contribution >= 4 is 11.6 Å². The van der Waals surface area contributed by atoms with Gasteiger partial charge in [0.15, 0.2) is 0 Å². The maximum Gasteiger partial charge on any atom is 0.133 e. The van der Waals surface area contributed by atoms with E-state index in [1.54, 1.807) is 6.33 Å². The van der Waals surface area contributed by atoms with Crippen LogP contribution in [0.4, 0.5) is 11.6 Å². The van der Waals surface area contributed by atoms with Crippen LogP contribution >= 0.6 is 0 Å². The predicted octanol–water partition coefficient (Wildman–Crippen LogP) is 2.25. The summed E-state index contributed by atoms with van der Waals surface area (Å²) in [4.78, 5) is 10.7. The van der Waals surface area contributed by atoms with Crippen LogP contribution in [0.3, 0.4) is 0 Å². The lowest BCUT2D eigenvalue weighted by Crippen LogP contribution is -2.39. The molecule has 0 spiro atoms. The van der Waals surface area contributed by atoms with Gasteiger partial charge in [-0.25, -0.2) is 9.97 Å². The highest BCUT2D eigenvalue weighted by molar-refractivity contribution is 5.49. The van der Waals surface area contributed by atoms with E-state index in [1.165, 1.54) is 19.3 Å². The smallest absolute Gasteiger partial charge is 0.133 e. The lowest BCUT2D eigenvalue weighted by Gasteiger charge is -2.25. The minimum atomic E-state index is -0.160. The average molecular weight is 265 g/mol. The molecule has 5 nitrogen and oxygen atoms in total. The predicted molar refractivity (Wildman–Crippen MR) is 81.6 cm³/mol. The zero-order chi connectivity index (χ0) is 14.3. The Morgan fingerprint density at radius 1 is 1.32 bits per heavy atom. The Morgan fingerprint density at radius 2 is 2.05 bits per heavy atom. The molecule has 1 aromatic rings. The molecule has 0 amide bonds. The van der Waals surface area contributed by atoms with E-state index in [4.69, 9.17) is 5.73 Å². The molecule has 0 radical (unpaired) electrons. The number of unbranched alkanes of at least 4 members (excludes halogenated alkanes) is 2. The van der Waals surface area contributed by atoms with Gasteiger partial charge in [0, 0.05) is 31.7 Å². The van der Waals surface area contributed by atoms with Crippen LogP contribution in [0.2, 0.25) is 0 Å². The van der Waals surface area contributed by atoms with Gasteiger partial charge >= 0.3 is 0 Å². The standard InChI is InChI=1S/C14H27N5/c1-5-6-7-8-19(4)13-9-12(16-11-17-13)18-14(2,3)10-15/h9,11H,5-8,10,15H2,1-4H3,(H,16,17,18). The van der Waals surface area contributed by atoms with Gasteiger partial charge in [-0.3, -0.25) is 0 Å². The first-order valence-corrected chi connectivity index (χ1v) is 7.00. The molecule has 5 heteroatoms. The summed E-state index contributed by atoms with van der Waals surface area (Å²) in [6.07, 6.45) is 5.27. The van der Waals surface area contributed by atoms with Crippen LogP contribution in [-0.2, 0) is 0 Å². The first kappa shape index (κ1) is 15.7. The molecule has 0 aliphatic heterocycles. The van der Waals surface area contributed by atoms with Crippen molar-refractivity contribution in [3.63, 3.8) is 0 Å². The van der Waals surface area contributed by atoms with Gasteiger partial charge in [-0.05, 0) is 20.3 Å². The molecule has 0 fully saturated rings. The Balaban J connectivity index is 2.66. The first-order chi connectivity index (χ1) is 8.98. The first-order valence-electron chi connectivity index (χ1n) is 7.00. The third-order valence-corrected chi connectivity index (χ3v) is 3.12. The van der Waals surface area contributed by atoms with Crippen molar-refractivity contribution in [1.82, 2.24) is 9.97 Å². The fraction of sp³-hybridized carbons (Fsp3) is 0.714. The zero-order valence-electron chi connectivity index (χ0n) is 12.6. The summed E-state index contributed by atoms with van der Waals surface area (Å²) >= 11 is 0. The van der Waals surface area contributed by atoms with Crippen LogP contribution in [0.1, 0.15) is 40.0 Å².